The number of hydrogen-bond acceptors (Lipinski definition) is 3. The van der Waals surface area contributed by atoms with Gasteiger partial charge in [0.15, 0.2) is 0 Å². The molecule has 0 aromatic heterocycles. The molecule has 0 aliphatic carbocycles. The van der Waals surface area contributed by atoms with E-state index in [2.05, 4.69) is 105 Å². The molecule has 0 radical (unpaired) electrons. The lowest BCUT2D eigenvalue weighted by Gasteiger charge is -2.32. The first-order chi connectivity index (χ1) is 14.4. The van der Waals surface area contributed by atoms with Crippen LogP contribution in [0.15, 0.2) is 84.9 Å². The summed E-state index contributed by atoms with van der Waals surface area (Å²) in [5.74, 6) is 0. The van der Waals surface area contributed by atoms with Crippen LogP contribution >= 0.6 is 0 Å². The minimum Gasteiger partial charge on any atom is -0.399 e. The van der Waals surface area contributed by atoms with Crippen LogP contribution in [0.2, 0.25) is 0 Å². The standard InChI is InChI=1S/C24H26BNO2.C2H6/c1-23(2)24(3,4)28-25(27-23)19-15-17-22(18-16-19)26(20-11-7-5-8-12-20)21-13-9-6-10-14-21;1-2/h5-18H,1-4H3;1-2H3. The summed E-state index contributed by atoms with van der Waals surface area (Å²) in [6.07, 6.45) is 0. The van der Waals surface area contributed by atoms with Gasteiger partial charge in [-0.05, 0) is 69.6 Å². The summed E-state index contributed by atoms with van der Waals surface area (Å²) in [6, 6.07) is 29.2. The Morgan fingerprint density at radius 2 is 0.933 bits per heavy atom. The van der Waals surface area contributed by atoms with Crippen molar-refractivity contribution in [2.24, 2.45) is 0 Å². The second kappa shape index (κ2) is 9.07. The Kier molecular flexibility index (Phi) is 6.69. The van der Waals surface area contributed by atoms with E-state index in [1.165, 1.54) is 0 Å². The average Bonchev–Trinajstić information content (AvgIpc) is 2.99. The van der Waals surface area contributed by atoms with Crippen LogP contribution in [0.3, 0.4) is 0 Å². The fourth-order valence-corrected chi connectivity index (χ4v) is 3.36. The second-order valence-electron chi connectivity index (χ2n) is 8.19. The van der Waals surface area contributed by atoms with Crippen molar-refractivity contribution in [1.82, 2.24) is 0 Å². The molecular weight excluding hydrogens is 369 g/mol. The number of para-hydroxylation sites is 2. The molecule has 1 heterocycles. The highest BCUT2D eigenvalue weighted by atomic mass is 16.7. The highest BCUT2D eigenvalue weighted by Gasteiger charge is 2.51. The van der Waals surface area contributed by atoms with Crippen LogP contribution in [0.5, 0.6) is 0 Å². The van der Waals surface area contributed by atoms with Gasteiger partial charge in [0, 0.05) is 17.1 Å². The van der Waals surface area contributed by atoms with Crippen molar-refractivity contribution in [2.75, 3.05) is 4.90 Å². The molecule has 0 N–H and O–H groups in total. The van der Waals surface area contributed by atoms with Crippen molar-refractivity contribution >= 4 is 29.6 Å². The van der Waals surface area contributed by atoms with Crippen LogP contribution < -0.4 is 10.4 Å². The highest BCUT2D eigenvalue weighted by molar-refractivity contribution is 6.62. The van der Waals surface area contributed by atoms with Gasteiger partial charge < -0.3 is 14.2 Å². The minimum absolute atomic E-state index is 0.337. The smallest absolute Gasteiger partial charge is 0.399 e. The normalized spacial score (nSPS) is 16.5. The number of benzene rings is 3. The molecular formula is C26H32BNO2. The third kappa shape index (κ3) is 4.45. The summed E-state index contributed by atoms with van der Waals surface area (Å²) in [4.78, 5) is 2.24. The zero-order valence-corrected chi connectivity index (χ0v) is 18.9. The molecule has 3 aromatic rings. The van der Waals surface area contributed by atoms with E-state index in [4.69, 9.17) is 9.31 Å². The first-order valence-corrected chi connectivity index (χ1v) is 10.7. The Bertz CT molecular complexity index is 869. The largest absolute Gasteiger partial charge is 0.494 e. The van der Waals surface area contributed by atoms with Gasteiger partial charge in [-0.2, -0.15) is 0 Å². The highest BCUT2D eigenvalue weighted by Crippen LogP contribution is 2.37. The van der Waals surface area contributed by atoms with Gasteiger partial charge in [0.25, 0.3) is 0 Å². The van der Waals surface area contributed by atoms with Crippen LogP contribution in [-0.4, -0.2) is 18.3 Å². The lowest BCUT2D eigenvalue weighted by Crippen LogP contribution is -2.41. The third-order valence-electron chi connectivity index (χ3n) is 5.71. The van der Waals surface area contributed by atoms with Gasteiger partial charge >= 0.3 is 7.12 Å². The first kappa shape index (κ1) is 22.1. The van der Waals surface area contributed by atoms with Crippen molar-refractivity contribution < 1.29 is 9.31 Å². The molecule has 0 saturated carbocycles. The van der Waals surface area contributed by atoms with Gasteiger partial charge in [-0.3, -0.25) is 0 Å². The quantitative estimate of drug-likeness (QED) is 0.467. The molecule has 0 unspecified atom stereocenters. The molecule has 1 aliphatic rings. The Hall–Kier alpha value is -2.56. The predicted octanol–water partition coefficient (Wildman–Crippen LogP) is 6.48. The van der Waals surface area contributed by atoms with Crippen LogP contribution in [0.25, 0.3) is 0 Å². The molecule has 4 rings (SSSR count). The van der Waals surface area contributed by atoms with E-state index in [1.54, 1.807) is 0 Å². The number of nitrogens with zero attached hydrogens (tertiary/aromatic N) is 1. The molecule has 0 spiro atoms. The molecule has 0 amide bonds. The first-order valence-electron chi connectivity index (χ1n) is 10.7. The van der Waals surface area contributed by atoms with E-state index in [0.717, 1.165) is 22.5 Å². The van der Waals surface area contributed by atoms with Crippen LogP contribution in [0.4, 0.5) is 17.1 Å². The lowest BCUT2D eigenvalue weighted by molar-refractivity contribution is 0.00578. The molecule has 0 bridgehead atoms. The van der Waals surface area contributed by atoms with Crippen LogP contribution in [0, 0.1) is 0 Å². The van der Waals surface area contributed by atoms with Crippen molar-refractivity contribution in [2.45, 2.75) is 52.7 Å². The van der Waals surface area contributed by atoms with E-state index in [-0.39, 0.29) is 18.3 Å². The third-order valence-corrected chi connectivity index (χ3v) is 5.71. The van der Waals surface area contributed by atoms with Gasteiger partial charge in [0.05, 0.1) is 11.2 Å². The molecule has 1 aliphatic heterocycles. The van der Waals surface area contributed by atoms with Gasteiger partial charge in [-0.1, -0.05) is 62.4 Å². The maximum Gasteiger partial charge on any atom is 0.494 e. The van der Waals surface area contributed by atoms with E-state index in [0.29, 0.717) is 0 Å². The maximum absolute atomic E-state index is 6.18. The topological polar surface area (TPSA) is 21.7 Å². The van der Waals surface area contributed by atoms with Gasteiger partial charge in [-0.25, -0.2) is 0 Å². The van der Waals surface area contributed by atoms with Crippen molar-refractivity contribution in [1.29, 1.82) is 0 Å². The summed E-state index contributed by atoms with van der Waals surface area (Å²) < 4.78 is 12.4. The zero-order chi connectivity index (χ0) is 21.8. The molecule has 156 valence electrons. The molecule has 3 aromatic carbocycles. The Morgan fingerprint density at radius 1 is 0.567 bits per heavy atom. The zero-order valence-electron chi connectivity index (χ0n) is 18.9. The Balaban J connectivity index is 0.00000124. The summed E-state index contributed by atoms with van der Waals surface area (Å²) in [5, 5.41) is 0. The van der Waals surface area contributed by atoms with E-state index < -0.39 is 0 Å². The predicted molar refractivity (Wildman–Crippen MR) is 128 cm³/mol. The SMILES string of the molecule is CC.CC1(C)OB(c2ccc(N(c3ccccc3)c3ccccc3)cc2)OC1(C)C. The molecule has 30 heavy (non-hydrogen) atoms. The van der Waals surface area contributed by atoms with E-state index >= 15 is 0 Å². The second-order valence-corrected chi connectivity index (χ2v) is 8.19. The average molecular weight is 401 g/mol. The number of rotatable bonds is 4. The molecule has 4 heteroatoms. The summed E-state index contributed by atoms with van der Waals surface area (Å²) in [7, 11) is -0.346. The monoisotopic (exact) mass is 401 g/mol. The Morgan fingerprint density at radius 3 is 1.33 bits per heavy atom. The van der Waals surface area contributed by atoms with Crippen molar-refractivity contribution in [3.8, 4) is 0 Å². The molecule has 0 atom stereocenters. The van der Waals surface area contributed by atoms with Crippen LogP contribution in [0.1, 0.15) is 41.5 Å². The summed E-state index contributed by atoms with van der Waals surface area (Å²) in [5.41, 5.74) is 3.70. The molecule has 3 nitrogen and oxygen atoms in total. The minimum atomic E-state index is -0.346. The fraction of sp³-hybridized carbons (Fsp3) is 0.308. The molecule has 1 saturated heterocycles. The summed E-state index contributed by atoms with van der Waals surface area (Å²) in [6.45, 7) is 12.3. The van der Waals surface area contributed by atoms with Crippen molar-refractivity contribution in [3.63, 3.8) is 0 Å². The van der Waals surface area contributed by atoms with Crippen molar-refractivity contribution in [3.05, 3.63) is 84.9 Å². The Labute approximate surface area is 181 Å². The van der Waals surface area contributed by atoms with Gasteiger partial charge in [0.1, 0.15) is 0 Å². The van der Waals surface area contributed by atoms with E-state index in [9.17, 15) is 0 Å². The summed E-state index contributed by atoms with van der Waals surface area (Å²) >= 11 is 0. The van der Waals surface area contributed by atoms with Crippen LogP contribution in [-0.2, 0) is 9.31 Å². The maximum atomic E-state index is 6.18. The van der Waals surface area contributed by atoms with Gasteiger partial charge in [-0.15, -0.1) is 0 Å². The lowest BCUT2D eigenvalue weighted by atomic mass is 9.79. The number of anilines is 3. The van der Waals surface area contributed by atoms with Gasteiger partial charge in [0.2, 0.25) is 0 Å². The fourth-order valence-electron chi connectivity index (χ4n) is 3.36. The number of hydrogen-bond donors (Lipinski definition) is 0. The van der Waals surface area contributed by atoms with E-state index in [1.807, 2.05) is 26.0 Å². The molecule has 1 fully saturated rings.